The standard InChI is InChI=1S/C9H15NO3/c11-7-2-1-6-10-8(12)4-3-5-9(10)13/h11H,1-7H2. The monoisotopic (exact) mass is 185 g/mol. The van der Waals surface area contributed by atoms with Gasteiger partial charge in [-0.3, -0.25) is 14.5 Å². The van der Waals surface area contributed by atoms with Gasteiger partial charge in [0.15, 0.2) is 0 Å². The summed E-state index contributed by atoms with van der Waals surface area (Å²) in [5.41, 5.74) is 0. The lowest BCUT2D eigenvalue weighted by molar-refractivity contribution is -0.148. The number of aliphatic hydroxyl groups is 1. The van der Waals surface area contributed by atoms with E-state index in [9.17, 15) is 9.59 Å². The molecule has 74 valence electrons. The summed E-state index contributed by atoms with van der Waals surface area (Å²) < 4.78 is 0. The topological polar surface area (TPSA) is 57.6 Å². The molecule has 0 radical (unpaired) electrons. The third-order valence-electron chi connectivity index (χ3n) is 2.17. The molecule has 4 nitrogen and oxygen atoms in total. The third kappa shape index (κ3) is 2.81. The largest absolute Gasteiger partial charge is 0.396 e. The van der Waals surface area contributed by atoms with Gasteiger partial charge in [-0.25, -0.2) is 0 Å². The Bertz CT molecular complexity index is 187. The summed E-state index contributed by atoms with van der Waals surface area (Å²) in [6.07, 6.45) is 3.02. The van der Waals surface area contributed by atoms with Gasteiger partial charge < -0.3 is 5.11 Å². The van der Waals surface area contributed by atoms with Crippen molar-refractivity contribution < 1.29 is 14.7 Å². The Morgan fingerprint density at radius 1 is 1.15 bits per heavy atom. The van der Waals surface area contributed by atoms with Crippen molar-refractivity contribution in [2.45, 2.75) is 32.1 Å². The summed E-state index contributed by atoms with van der Waals surface area (Å²) >= 11 is 0. The number of likely N-dealkylation sites (tertiary alicyclic amines) is 1. The zero-order valence-corrected chi connectivity index (χ0v) is 7.66. The van der Waals surface area contributed by atoms with Gasteiger partial charge in [-0.05, 0) is 19.3 Å². The number of carbonyl (C=O) groups is 2. The lowest BCUT2D eigenvalue weighted by atomic mass is 10.1. The molecule has 0 saturated carbocycles. The highest BCUT2D eigenvalue weighted by Crippen LogP contribution is 2.12. The Balaban J connectivity index is 2.35. The molecule has 0 aromatic rings. The number of aliphatic hydroxyl groups excluding tert-OH is 1. The molecule has 13 heavy (non-hydrogen) atoms. The van der Waals surface area contributed by atoms with Gasteiger partial charge in [0.05, 0.1) is 0 Å². The Labute approximate surface area is 77.5 Å². The molecule has 4 heteroatoms. The van der Waals surface area contributed by atoms with Crippen LogP contribution >= 0.6 is 0 Å². The maximum atomic E-state index is 11.2. The van der Waals surface area contributed by atoms with Crippen LogP contribution in [0.15, 0.2) is 0 Å². The van der Waals surface area contributed by atoms with Crippen LogP contribution in [0, 0.1) is 0 Å². The first-order valence-electron chi connectivity index (χ1n) is 4.70. The van der Waals surface area contributed by atoms with Gasteiger partial charge in [-0.1, -0.05) is 0 Å². The second-order valence-electron chi connectivity index (χ2n) is 3.22. The Morgan fingerprint density at radius 2 is 1.77 bits per heavy atom. The lowest BCUT2D eigenvalue weighted by Gasteiger charge is -2.24. The van der Waals surface area contributed by atoms with E-state index in [4.69, 9.17) is 5.11 Å². The summed E-state index contributed by atoms with van der Waals surface area (Å²) in [5, 5.41) is 8.54. The van der Waals surface area contributed by atoms with E-state index in [0.29, 0.717) is 38.6 Å². The zero-order valence-electron chi connectivity index (χ0n) is 7.66. The summed E-state index contributed by atoms with van der Waals surface area (Å²) in [7, 11) is 0. The molecule has 1 aliphatic heterocycles. The predicted octanol–water partition coefficient (Wildman–Crippen LogP) is 0.298. The zero-order chi connectivity index (χ0) is 9.68. The van der Waals surface area contributed by atoms with E-state index in [-0.39, 0.29) is 18.4 Å². The van der Waals surface area contributed by atoms with Gasteiger partial charge in [0.1, 0.15) is 0 Å². The molecule has 0 aromatic carbocycles. The van der Waals surface area contributed by atoms with Crippen molar-refractivity contribution in [1.29, 1.82) is 0 Å². The molecule has 1 aliphatic rings. The first kappa shape index (κ1) is 10.2. The first-order valence-corrected chi connectivity index (χ1v) is 4.70. The highest BCUT2D eigenvalue weighted by atomic mass is 16.3. The van der Waals surface area contributed by atoms with Crippen LogP contribution in [0.4, 0.5) is 0 Å². The molecule has 0 aromatic heterocycles. The average molecular weight is 185 g/mol. The van der Waals surface area contributed by atoms with Crippen LogP contribution in [0.1, 0.15) is 32.1 Å². The minimum absolute atomic E-state index is 0.0609. The predicted molar refractivity (Wildman–Crippen MR) is 46.9 cm³/mol. The number of rotatable bonds is 4. The number of carbonyl (C=O) groups excluding carboxylic acids is 2. The molecule has 1 fully saturated rings. The van der Waals surface area contributed by atoms with Gasteiger partial charge in [0.2, 0.25) is 11.8 Å². The number of hydrogen-bond acceptors (Lipinski definition) is 3. The van der Waals surface area contributed by atoms with Crippen LogP contribution in [0.2, 0.25) is 0 Å². The lowest BCUT2D eigenvalue weighted by Crippen LogP contribution is -2.40. The Morgan fingerprint density at radius 3 is 2.31 bits per heavy atom. The Hall–Kier alpha value is -0.900. The fraction of sp³-hybridized carbons (Fsp3) is 0.778. The van der Waals surface area contributed by atoms with Crippen molar-refractivity contribution in [1.82, 2.24) is 4.90 Å². The number of unbranched alkanes of at least 4 members (excludes halogenated alkanes) is 1. The van der Waals surface area contributed by atoms with Crippen LogP contribution in [0.25, 0.3) is 0 Å². The quantitative estimate of drug-likeness (QED) is 0.506. The van der Waals surface area contributed by atoms with Gasteiger partial charge in [-0.2, -0.15) is 0 Å². The van der Waals surface area contributed by atoms with Crippen molar-refractivity contribution in [3.05, 3.63) is 0 Å². The molecule has 1 N–H and O–H groups in total. The number of piperidine rings is 1. The molecular formula is C9H15NO3. The van der Waals surface area contributed by atoms with E-state index in [1.807, 2.05) is 0 Å². The molecule has 0 aliphatic carbocycles. The minimum atomic E-state index is -0.0609. The average Bonchev–Trinajstić information content (AvgIpc) is 2.10. The summed E-state index contributed by atoms with van der Waals surface area (Å²) in [6.45, 7) is 0.592. The van der Waals surface area contributed by atoms with Crippen molar-refractivity contribution >= 4 is 11.8 Å². The smallest absolute Gasteiger partial charge is 0.229 e. The van der Waals surface area contributed by atoms with Gasteiger partial charge in [0.25, 0.3) is 0 Å². The van der Waals surface area contributed by atoms with E-state index < -0.39 is 0 Å². The molecule has 0 atom stereocenters. The first-order chi connectivity index (χ1) is 6.25. The Kier molecular flexibility index (Phi) is 3.89. The number of hydrogen-bond donors (Lipinski definition) is 1. The minimum Gasteiger partial charge on any atom is -0.396 e. The second-order valence-corrected chi connectivity index (χ2v) is 3.22. The van der Waals surface area contributed by atoms with Crippen LogP contribution in [0.3, 0.4) is 0 Å². The molecule has 0 bridgehead atoms. The molecule has 2 amide bonds. The molecule has 1 saturated heterocycles. The fourth-order valence-electron chi connectivity index (χ4n) is 1.43. The highest BCUT2D eigenvalue weighted by Gasteiger charge is 2.24. The molecule has 1 heterocycles. The summed E-state index contributed by atoms with van der Waals surface area (Å²) in [6, 6.07) is 0. The van der Waals surface area contributed by atoms with Crippen LogP contribution < -0.4 is 0 Å². The number of nitrogens with zero attached hydrogens (tertiary/aromatic N) is 1. The van der Waals surface area contributed by atoms with Gasteiger partial charge in [0, 0.05) is 26.0 Å². The van der Waals surface area contributed by atoms with E-state index in [1.165, 1.54) is 4.90 Å². The van der Waals surface area contributed by atoms with Gasteiger partial charge in [-0.15, -0.1) is 0 Å². The van der Waals surface area contributed by atoms with E-state index in [0.717, 1.165) is 0 Å². The van der Waals surface area contributed by atoms with E-state index in [1.54, 1.807) is 0 Å². The second kappa shape index (κ2) is 4.97. The van der Waals surface area contributed by atoms with E-state index in [2.05, 4.69) is 0 Å². The summed E-state index contributed by atoms with van der Waals surface area (Å²) in [5.74, 6) is -0.122. The van der Waals surface area contributed by atoms with Crippen molar-refractivity contribution in [3.63, 3.8) is 0 Å². The SMILES string of the molecule is O=C1CCCC(=O)N1CCCCO. The van der Waals surface area contributed by atoms with Crippen molar-refractivity contribution in [3.8, 4) is 0 Å². The van der Waals surface area contributed by atoms with Crippen LogP contribution in [0.5, 0.6) is 0 Å². The molecule has 1 rings (SSSR count). The number of amides is 2. The van der Waals surface area contributed by atoms with Crippen molar-refractivity contribution in [2.75, 3.05) is 13.2 Å². The normalized spacial score (nSPS) is 18.1. The molecule has 0 unspecified atom stereocenters. The van der Waals surface area contributed by atoms with Crippen LogP contribution in [-0.2, 0) is 9.59 Å². The number of imide groups is 1. The summed E-state index contributed by atoms with van der Waals surface area (Å²) in [4.78, 5) is 23.8. The van der Waals surface area contributed by atoms with E-state index >= 15 is 0 Å². The third-order valence-corrected chi connectivity index (χ3v) is 2.17. The highest BCUT2D eigenvalue weighted by molar-refractivity contribution is 5.97. The van der Waals surface area contributed by atoms with Crippen molar-refractivity contribution in [2.24, 2.45) is 0 Å². The van der Waals surface area contributed by atoms with Crippen LogP contribution in [-0.4, -0.2) is 35.0 Å². The maximum Gasteiger partial charge on any atom is 0.229 e. The van der Waals surface area contributed by atoms with Gasteiger partial charge >= 0.3 is 0 Å². The maximum absolute atomic E-state index is 11.2. The molecular weight excluding hydrogens is 170 g/mol. The molecule has 0 spiro atoms. The fourth-order valence-corrected chi connectivity index (χ4v) is 1.43.